The molecule has 0 spiro atoms. The van der Waals surface area contributed by atoms with Gasteiger partial charge in [0.25, 0.3) is 5.91 Å². The third kappa shape index (κ3) is 4.10. The van der Waals surface area contributed by atoms with Crippen molar-refractivity contribution in [1.29, 1.82) is 0 Å². The highest BCUT2D eigenvalue weighted by Gasteiger charge is 2.34. The maximum absolute atomic E-state index is 14.2. The summed E-state index contributed by atoms with van der Waals surface area (Å²) in [7, 11) is 0. The zero-order valence-corrected chi connectivity index (χ0v) is 18.7. The zero-order chi connectivity index (χ0) is 22.9. The van der Waals surface area contributed by atoms with Gasteiger partial charge in [-0.25, -0.2) is 4.39 Å². The van der Waals surface area contributed by atoms with Gasteiger partial charge in [0.1, 0.15) is 11.2 Å². The summed E-state index contributed by atoms with van der Waals surface area (Å²) in [6.45, 7) is 1.69. The molecule has 0 unspecified atom stereocenters. The molecule has 4 aromatic carbocycles. The van der Waals surface area contributed by atoms with E-state index in [1.807, 2.05) is 60.7 Å². The monoisotopic (exact) mass is 456 g/mol. The number of hydrogen-bond donors (Lipinski definition) is 1. The molecule has 1 heterocycles. The molecule has 1 fully saturated rings. The third-order valence-corrected chi connectivity index (χ3v) is 6.98. The van der Waals surface area contributed by atoms with Crippen molar-refractivity contribution in [3.05, 3.63) is 107 Å². The molecule has 4 aromatic rings. The molecule has 2 amide bonds. The van der Waals surface area contributed by atoms with E-state index in [0.29, 0.717) is 28.3 Å². The minimum absolute atomic E-state index is 0.0709. The van der Waals surface area contributed by atoms with Gasteiger partial charge in [-0.2, -0.15) is 0 Å². The highest BCUT2D eigenvalue weighted by molar-refractivity contribution is 8.00. The van der Waals surface area contributed by atoms with Crippen LogP contribution in [0.2, 0.25) is 0 Å². The molecule has 1 atom stereocenters. The van der Waals surface area contributed by atoms with Crippen molar-refractivity contribution in [2.24, 2.45) is 0 Å². The van der Waals surface area contributed by atoms with Crippen LogP contribution in [0.5, 0.6) is 0 Å². The number of nitrogens with zero attached hydrogens (tertiary/aromatic N) is 1. The van der Waals surface area contributed by atoms with Crippen LogP contribution in [0, 0.1) is 12.7 Å². The van der Waals surface area contributed by atoms with Crippen molar-refractivity contribution in [3.63, 3.8) is 0 Å². The number of carbonyl (C=O) groups excluding carboxylic acids is 2. The number of thioether (sulfide) groups is 1. The molecule has 0 aromatic heterocycles. The Hall–Kier alpha value is -3.64. The average Bonchev–Trinajstić information content (AvgIpc) is 3.22. The number of hydrogen-bond acceptors (Lipinski definition) is 3. The number of anilines is 2. The molecule has 1 N–H and O–H groups in total. The molecule has 164 valence electrons. The Morgan fingerprint density at radius 1 is 1.00 bits per heavy atom. The smallest absolute Gasteiger partial charge is 0.256 e. The van der Waals surface area contributed by atoms with Crippen molar-refractivity contribution < 1.29 is 14.0 Å². The fourth-order valence-corrected chi connectivity index (χ4v) is 5.24. The van der Waals surface area contributed by atoms with Crippen molar-refractivity contribution in [3.8, 4) is 0 Å². The molecule has 6 heteroatoms. The normalized spacial score (nSPS) is 15.8. The van der Waals surface area contributed by atoms with Crippen LogP contribution >= 0.6 is 11.8 Å². The number of benzene rings is 4. The number of halogens is 1. The molecule has 33 heavy (non-hydrogen) atoms. The molecule has 5 rings (SSSR count). The molecule has 1 aliphatic rings. The third-order valence-electron chi connectivity index (χ3n) is 5.77. The predicted molar refractivity (Wildman–Crippen MR) is 132 cm³/mol. The van der Waals surface area contributed by atoms with E-state index in [1.165, 1.54) is 17.8 Å². The molecule has 4 nitrogen and oxygen atoms in total. The molecule has 1 aliphatic heterocycles. The molecule has 0 saturated carbocycles. The standard InChI is InChI=1S/C27H21FN2O2S/c1-17-12-13-21(15-24(17)28)30-25(31)16-33-27(30)19-8-4-9-20(14-19)29-26(32)23-11-5-7-18-6-2-3-10-22(18)23/h2-15,27H,16H2,1H3,(H,29,32)/t27-/m0/s1. The van der Waals surface area contributed by atoms with Gasteiger partial charge in [0.15, 0.2) is 0 Å². The molecule has 1 saturated heterocycles. The van der Waals surface area contributed by atoms with Gasteiger partial charge in [0.05, 0.1) is 5.75 Å². The van der Waals surface area contributed by atoms with Crippen molar-refractivity contribution in [1.82, 2.24) is 0 Å². The minimum Gasteiger partial charge on any atom is -0.322 e. The summed E-state index contributed by atoms with van der Waals surface area (Å²) in [5.74, 6) is -0.297. The van der Waals surface area contributed by atoms with Gasteiger partial charge in [-0.1, -0.05) is 54.6 Å². The highest BCUT2D eigenvalue weighted by atomic mass is 32.2. The molecule has 0 radical (unpaired) electrons. The summed E-state index contributed by atoms with van der Waals surface area (Å²) in [5, 5.41) is 4.58. The topological polar surface area (TPSA) is 49.4 Å². The second kappa shape index (κ2) is 8.71. The lowest BCUT2D eigenvalue weighted by molar-refractivity contribution is -0.115. The van der Waals surface area contributed by atoms with E-state index in [2.05, 4.69) is 5.32 Å². The Morgan fingerprint density at radius 3 is 2.64 bits per heavy atom. The highest BCUT2D eigenvalue weighted by Crippen LogP contribution is 2.42. The number of carbonyl (C=O) groups is 2. The van der Waals surface area contributed by atoms with Crippen molar-refractivity contribution in [2.75, 3.05) is 16.0 Å². The van der Waals surface area contributed by atoms with Crippen LogP contribution in [-0.4, -0.2) is 17.6 Å². The van der Waals surface area contributed by atoms with E-state index in [1.54, 1.807) is 30.0 Å². The van der Waals surface area contributed by atoms with E-state index in [0.717, 1.165) is 16.3 Å². The first kappa shape index (κ1) is 21.2. The first-order valence-corrected chi connectivity index (χ1v) is 11.6. The Morgan fingerprint density at radius 2 is 1.79 bits per heavy atom. The summed E-state index contributed by atoms with van der Waals surface area (Å²) < 4.78 is 14.2. The maximum atomic E-state index is 14.2. The summed E-state index contributed by atoms with van der Waals surface area (Å²) in [6, 6.07) is 25.7. The van der Waals surface area contributed by atoms with Gasteiger partial charge in [0.2, 0.25) is 5.91 Å². The lowest BCUT2D eigenvalue weighted by atomic mass is 10.0. The second-order valence-electron chi connectivity index (χ2n) is 7.97. The van der Waals surface area contributed by atoms with E-state index >= 15 is 0 Å². The van der Waals surface area contributed by atoms with Gasteiger partial charge in [-0.05, 0) is 59.2 Å². The van der Waals surface area contributed by atoms with Crippen LogP contribution in [0.3, 0.4) is 0 Å². The number of fused-ring (bicyclic) bond motifs is 1. The predicted octanol–water partition coefficient (Wildman–Crippen LogP) is 6.32. The Bertz CT molecular complexity index is 1380. The second-order valence-corrected chi connectivity index (χ2v) is 9.04. The number of aryl methyl sites for hydroxylation is 1. The SMILES string of the molecule is Cc1ccc(N2C(=O)CS[C@H]2c2cccc(NC(=O)c3cccc4ccccc34)c2)cc1F. The van der Waals surface area contributed by atoms with Crippen LogP contribution in [-0.2, 0) is 4.79 Å². The lowest BCUT2D eigenvalue weighted by Crippen LogP contribution is -2.28. The van der Waals surface area contributed by atoms with Crippen LogP contribution in [0.15, 0.2) is 84.9 Å². The fourth-order valence-electron chi connectivity index (χ4n) is 4.07. The summed E-state index contributed by atoms with van der Waals surface area (Å²) >= 11 is 1.48. The fraction of sp³-hybridized carbons (Fsp3) is 0.111. The van der Waals surface area contributed by atoms with E-state index in [4.69, 9.17) is 0 Å². The van der Waals surface area contributed by atoms with E-state index in [-0.39, 0.29) is 23.0 Å². The molecular formula is C27H21FN2O2S. The van der Waals surface area contributed by atoms with Crippen LogP contribution in [0.25, 0.3) is 10.8 Å². The average molecular weight is 457 g/mol. The summed E-state index contributed by atoms with van der Waals surface area (Å²) in [6.07, 6.45) is 0. The van der Waals surface area contributed by atoms with Gasteiger partial charge >= 0.3 is 0 Å². The van der Waals surface area contributed by atoms with Crippen molar-refractivity contribution in [2.45, 2.75) is 12.3 Å². The van der Waals surface area contributed by atoms with Crippen LogP contribution in [0.1, 0.15) is 26.9 Å². The molecule has 0 bridgehead atoms. The van der Waals surface area contributed by atoms with Gasteiger partial charge in [-0.15, -0.1) is 11.8 Å². The van der Waals surface area contributed by atoms with E-state index < -0.39 is 0 Å². The largest absolute Gasteiger partial charge is 0.322 e. The Balaban J connectivity index is 1.43. The first-order valence-electron chi connectivity index (χ1n) is 10.6. The Labute approximate surface area is 195 Å². The van der Waals surface area contributed by atoms with Crippen LogP contribution < -0.4 is 10.2 Å². The lowest BCUT2D eigenvalue weighted by Gasteiger charge is -2.25. The Kier molecular flexibility index (Phi) is 5.60. The number of amides is 2. The van der Waals surface area contributed by atoms with Crippen molar-refractivity contribution >= 4 is 45.7 Å². The number of nitrogens with one attached hydrogen (secondary N) is 1. The summed E-state index contributed by atoms with van der Waals surface area (Å²) in [4.78, 5) is 27.3. The number of rotatable bonds is 4. The van der Waals surface area contributed by atoms with Gasteiger partial charge < -0.3 is 5.32 Å². The molecule has 0 aliphatic carbocycles. The minimum atomic E-state index is -0.341. The quantitative estimate of drug-likeness (QED) is 0.391. The van der Waals surface area contributed by atoms with E-state index in [9.17, 15) is 14.0 Å². The van der Waals surface area contributed by atoms with Gasteiger partial charge in [-0.3, -0.25) is 14.5 Å². The van der Waals surface area contributed by atoms with Crippen LogP contribution in [0.4, 0.5) is 15.8 Å². The maximum Gasteiger partial charge on any atom is 0.256 e. The summed E-state index contributed by atoms with van der Waals surface area (Å²) in [5.41, 5.74) is 3.17. The molecular weight excluding hydrogens is 435 g/mol. The van der Waals surface area contributed by atoms with Gasteiger partial charge in [0, 0.05) is 16.9 Å². The first-order chi connectivity index (χ1) is 16.0. The zero-order valence-electron chi connectivity index (χ0n) is 17.9.